The second-order valence-electron chi connectivity index (χ2n) is 3.28. The van der Waals surface area contributed by atoms with Crippen LogP contribution in [0, 0.1) is 10.1 Å². The lowest BCUT2D eigenvalue weighted by molar-refractivity contribution is -0.402. The Bertz CT molecular complexity index is 558. The van der Waals surface area contributed by atoms with Crippen molar-refractivity contribution in [3.63, 3.8) is 0 Å². The Morgan fingerprint density at radius 2 is 1.94 bits per heavy atom. The molecule has 0 spiro atoms. The summed E-state index contributed by atoms with van der Waals surface area (Å²) in [6.45, 7) is 0. The topological polar surface area (TPSA) is 94.7 Å². The first-order chi connectivity index (χ1) is 8.15. The largest absolute Gasteiger partial charge is 0.433 e. The molecule has 0 saturated carbocycles. The zero-order valence-electron chi connectivity index (χ0n) is 8.74. The van der Waals surface area contributed by atoms with Crippen LogP contribution < -0.4 is 5.73 Å². The van der Waals surface area contributed by atoms with E-state index in [1.165, 1.54) is 18.3 Å². The van der Waals surface area contributed by atoms with Crippen molar-refractivity contribution in [2.24, 2.45) is 4.99 Å². The van der Waals surface area contributed by atoms with Crippen LogP contribution >= 0.6 is 0 Å². The Morgan fingerprint density at radius 1 is 1.24 bits per heavy atom. The monoisotopic (exact) mass is 231 g/mol. The molecule has 0 amide bonds. The Hall–Kier alpha value is -2.63. The summed E-state index contributed by atoms with van der Waals surface area (Å²) >= 11 is 0. The highest BCUT2D eigenvalue weighted by molar-refractivity contribution is 5.79. The van der Waals surface area contributed by atoms with Gasteiger partial charge >= 0.3 is 5.88 Å². The van der Waals surface area contributed by atoms with Gasteiger partial charge in [0.25, 0.3) is 0 Å². The minimum Gasteiger partial charge on any atom is -0.400 e. The number of nitrogen functional groups attached to an aromatic ring is 1. The molecule has 0 radical (unpaired) electrons. The Kier molecular flexibility index (Phi) is 2.87. The first-order valence-corrected chi connectivity index (χ1v) is 4.79. The number of nitrogens with zero attached hydrogens (tertiary/aromatic N) is 2. The first-order valence-electron chi connectivity index (χ1n) is 4.79. The van der Waals surface area contributed by atoms with Crippen molar-refractivity contribution < 1.29 is 9.34 Å². The first kappa shape index (κ1) is 10.9. The molecule has 17 heavy (non-hydrogen) atoms. The Morgan fingerprint density at radius 3 is 2.53 bits per heavy atom. The highest BCUT2D eigenvalue weighted by Crippen LogP contribution is 2.17. The lowest BCUT2D eigenvalue weighted by atomic mass is 10.3. The molecule has 0 aliphatic carbocycles. The molecule has 0 fully saturated rings. The molecule has 0 aliphatic heterocycles. The molecule has 1 heterocycles. The van der Waals surface area contributed by atoms with Gasteiger partial charge in [0.1, 0.15) is 4.92 Å². The van der Waals surface area contributed by atoms with Crippen LogP contribution in [0.25, 0.3) is 0 Å². The normalized spacial score (nSPS) is 10.8. The highest BCUT2D eigenvalue weighted by atomic mass is 16.6. The molecule has 2 rings (SSSR count). The second kappa shape index (κ2) is 4.48. The summed E-state index contributed by atoms with van der Waals surface area (Å²) in [4.78, 5) is 13.9. The fourth-order valence-electron chi connectivity index (χ4n) is 1.21. The second-order valence-corrected chi connectivity index (χ2v) is 3.28. The summed E-state index contributed by atoms with van der Waals surface area (Å²) in [6.07, 6.45) is 1.42. The highest BCUT2D eigenvalue weighted by Gasteiger charge is 2.09. The van der Waals surface area contributed by atoms with E-state index in [2.05, 4.69) is 4.99 Å². The Labute approximate surface area is 96.5 Å². The maximum atomic E-state index is 10.4. The van der Waals surface area contributed by atoms with Gasteiger partial charge in [0.2, 0.25) is 0 Å². The van der Waals surface area contributed by atoms with Crippen molar-refractivity contribution in [2.75, 3.05) is 5.73 Å². The lowest BCUT2D eigenvalue weighted by Crippen LogP contribution is -1.83. The van der Waals surface area contributed by atoms with Crippen molar-refractivity contribution in [2.45, 2.75) is 0 Å². The van der Waals surface area contributed by atoms with Crippen LogP contribution in [0.1, 0.15) is 5.76 Å². The average molecular weight is 231 g/mol. The molecule has 0 atom stereocenters. The van der Waals surface area contributed by atoms with Crippen LogP contribution in [-0.4, -0.2) is 11.1 Å². The minimum absolute atomic E-state index is 0.302. The van der Waals surface area contributed by atoms with Crippen LogP contribution in [0.4, 0.5) is 17.3 Å². The van der Waals surface area contributed by atoms with E-state index in [0.29, 0.717) is 17.1 Å². The summed E-state index contributed by atoms with van der Waals surface area (Å²) in [6, 6.07) is 9.68. The van der Waals surface area contributed by atoms with Crippen molar-refractivity contribution in [3.05, 3.63) is 52.3 Å². The molecule has 0 bridgehead atoms. The van der Waals surface area contributed by atoms with Crippen LogP contribution in [0.3, 0.4) is 0 Å². The van der Waals surface area contributed by atoms with Gasteiger partial charge < -0.3 is 10.2 Å². The number of hydrogen-bond acceptors (Lipinski definition) is 5. The predicted molar refractivity (Wildman–Crippen MR) is 63.5 cm³/mol. The molecule has 6 heteroatoms. The third-order valence-electron chi connectivity index (χ3n) is 2.03. The molecule has 2 aromatic rings. The van der Waals surface area contributed by atoms with Gasteiger partial charge in [-0.3, -0.25) is 15.1 Å². The standard InChI is InChI=1S/C11H9N3O3/c12-8-1-3-9(4-2-8)13-7-10-5-6-11(17-10)14(15)16/h1-7H,12H2. The molecule has 2 N–H and O–H groups in total. The SMILES string of the molecule is Nc1ccc(N=Cc2ccc([N+](=O)[O-])o2)cc1. The molecule has 86 valence electrons. The quantitative estimate of drug-likeness (QED) is 0.380. The van der Waals surface area contributed by atoms with E-state index in [1.807, 2.05) is 0 Å². The number of rotatable bonds is 3. The van der Waals surface area contributed by atoms with Gasteiger partial charge in [-0.15, -0.1) is 0 Å². The Balaban J connectivity index is 2.14. The van der Waals surface area contributed by atoms with Crippen LogP contribution in [0.15, 0.2) is 45.8 Å². The molecular weight excluding hydrogens is 222 g/mol. The van der Waals surface area contributed by atoms with Crippen molar-refractivity contribution in [1.82, 2.24) is 0 Å². The summed E-state index contributed by atoms with van der Waals surface area (Å²) < 4.78 is 4.92. The van der Waals surface area contributed by atoms with Crippen molar-refractivity contribution in [3.8, 4) is 0 Å². The van der Waals surface area contributed by atoms with Crippen molar-refractivity contribution >= 4 is 23.5 Å². The van der Waals surface area contributed by atoms with E-state index in [9.17, 15) is 10.1 Å². The van der Waals surface area contributed by atoms with Gasteiger partial charge in [-0.1, -0.05) is 0 Å². The number of nitrogens with two attached hydrogens (primary N) is 1. The van der Waals surface area contributed by atoms with Crippen LogP contribution in [0.5, 0.6) is 0 Å². The zero-order chi connectivity index (χ0) is 12.3. The average Bonchev–Trinajstić information content (AvgIpc) is 2.77. The van der Waals surface area contributed by atoms with Gasteiger partial charge in [-0.05, 0) is 30.3 Å². The fraction of sp³-hybridized carbons (Fsp3) is 0. The van der Waals surface area contributed by atoms with Gasteiger partial charge in [0.05, 0.1) is 18.0 Å². The maximum absolute atomic E-state index is 10.4. The number of benzene rings is 1. The third kappa shape index (κ3) is 2.69. The fourth-order valence-corrected chi connectivity index (χ4v) is 1.21. The summed E-state index contributed by atoms with van der Waals surface area (Å²) in [5, 5.41) is 10.4. The maximum Gasteiger partial charge on any atom is 0.433 e. The van der Waals surface area contributed by atoms with Crippen molar-refractivity contribution in [1.29, 1.82) is 0 Å². The van der Waals surface area contributed by atoms with Gasteiger partial charge in [0.15, 0.2) is 5.76 Å². The third-order valence-corrected chi connectivity index (χ3v) is 2.03. The molecule has 0 aliphatic rings. The van der Waals surface area contributed by atoms with E-state index in [1.54, 1.807) is 24.3 Å². The lowest BCUT2D eigenvalue weighted by Gasteiger charge is -1.93. The van der Waals surface area contributed by atoms with Crippen LogP contribution in [0.2, 0.25) is 0 Å². The molecule has 1 aromatic heterocycles. The molecular formula is C11H9N3O3. The van der Waals surface area contributed by atoms with E-state index in [0.717, 1.165) is 0 Å². The predicted octanol–water partition coefficient (Wildman–Crippen LogP) is 2.52. The number of nitro groups is 1. The molecule has 0 saturated heterocycles. The summed E-state index contributed by atoms with van der Waals surface area (Å²) in [5.41, 5.74) is 6.87. The number of hydrogen-bond donors (Lipinski definition) is 1. The van der Waals surface area contributed by atoms with Gasteiger partial charge in [0, 0.05) is 5.69 Å². The summed E-state index contributed by atoms with van der Waals surface area (Å²) in [7, 11) is 0. The molecule has 6 nitrogen and oxygen atoms in total. The van der Waals surface area contributed by atoms with Gasteiger partial charge in [-0.25, -0.2) is 0 Å². The summed E-state index contributed by atoms with van der Waals surface area (Å²) in [5.74, 6) is 0.0253. The number of furan rings is 1. The van der Waals surface area contributed by atoms with E-state index < -0.39 is 4.92 Å². The number of anilines is 1. The smallest absolute Gasteiger partial charge is 0.400 e. The molecule has 1 aromatic carbocycles. The van der Waals surface area contributed by atoms with E-state index in [-0.39, 0.29) is 5.88 Å². The van der Waals surface area contributed by atoms with E-state index in [4.69, 9.17) is 10.2 Å². The minimum atomic E-state index is -0.597. The van der Waals surface area contributed by atoms with E-state index >= 15 is 0 Å². The number of aliphatic imine (C=N–C) groups is 1. The zero-order valence-corrected chi connectivity index (χ0v) is 8.74. The van der Waals surface area contributed by atoms with Crippen LogP contribution in [-0.2, 0) is 0 Å². The molecule has 0 unspecified atom stereocenters. The van der Waals surface area contributed by atoms with Gasteiger partial charge in [-0.2, -0.15) is 0 Å².